The van der Waals surface area contributed by atoms with Crippen LogP contribution in [-0.4, -0.2) is 44.1 Å². The van der Waals surface area contributed by atoms with Gasteiger partial charge in [0.25, 0.3) is 0 Å². The fourth-order valence-electron chi connectivity index (χ4n) is 0.955. The highest BCUT2D eigenvalue weighted by atomic mass is 32.2. The molecule has 92 valence electrons. The number of carbonyl (C=O) groups is 1. The molecule has 0 saturated carbocycles. The zero-order valence-corrected chi connectivity index (χ0v) is 10.7. The lowest BCUT2D eigenvalue weighted by Crippen LogP contribution is -2.47. The molecule has 0 aliphatic carbocycles. The average molecular weight is 247 g/mol. The zero-order chi connectivity index (χ0) is 12.9. The normalized spacial score (nSPS) is 14.9. The number of carbonyl (C=O) groups excluding carboxylic acids is 1. The highest BCUT2D eigenvalue weighted by Crippen LogP contribution is 2.00. The van der Waals surface area contributed by atoms with Gasteiger partial charge in [-0.25, -0.2) is 13.1 Å². The van der Waals surface area contributed by atoms with Crippen molar-refractivity contribution in [1.29, 1.82) is 5.26 Å². The SMILES string of the molecule is CCN(C)C(=O)C(C)NS(=O)(=O)C(C)C#N. The van der Waals surface area contributed by atoms with Crippen LogP contribution in [-0.2, 0) is 14.8 Å². The fraction of sp³-hybridized carbons (Fsp3) is 0.778. The van der Waals surface area contributed by atoms with Crippen LogP contribution in [0.2, 0.25) is 0 Å². The summed E-state index contributed by atoms with van der Waals surface area (Å²) in [6, 6.07) is 0.762. The van der Waals surface area contributed by atoms with E-state index in [1.54, 1.807) is 20.0 Å². The van der Waals surface area contributed by atoms with Crippen LogP contribution in [0.4, 0.5) is 0 Å². The van der Waals surface area contributed by atoms with Gasteiger partial charge in [0.05, 0.1) is 12.1 Å². The van der Waals surface area contributed by atoms with Crippen LogP contribution in [0.1, 0.15) is 20.8 Å². The number of rotatable bonds is 5. The van der Waals surface area contributed by atoms with E-state index in [4.69, 9.17) is 5.26 Å². The Labute approximate surface area is 96.3 Å². The van der Waals surface area contributed by atoms with Crippen LogP contribution in [0.15, 0.2) is 0 Å². The molecule has 0 spiro atoms. The Morgan fingerprint density at radius 2 is 2.00 bits per heavy atom. The molecule has 0 aliphatic heterocycles. The highest BCUT2D eigenvalue weighted by molar-refractivity contribution is 7.90. The van der Waals surface area contributed by atoms with Crippen molar-refractivity contribution in [3.8, 4) is 6.07 Å². The first-order valence-corrected chi connectivity index (χ1v) is 6.46. The lowest BCUT2D eigenvalue weighted by atomic mass is 10.3. The summed E-state index contributed by atoms with van der Waals surface area (Å²) in [5.74, 6) is -0.323. The van der Waals surface area contributed by atoms with E-state index < -0.39 is 21.3 Å². The first-order chi connectivity index (χ1) is 7.26. The van der Waals surface area contributed by atoms with E-state index in [2.05, 4.69) is 4.72 Å². The number of hydrogen-bond acceptors (Lipinski definition) is 4. The second-order valence-electron chi connectivity index (χ2n) is 3.51. The number of amides is 1. The minimum absolute atomic E-state index is 0.323. The Hall–Kier alpha value is -1.13. The zero-order valence-electron chi connectivity index (χ0n) is 9.89. The molecule has 1 amide bonds. The van der Waals surface area contributed by atoms with Gasteiger partial charge in [-0.2, -0.15) is 5.26 Å². The summed E-state index contributed by atoms with van der Waals surface area (Å²) in [4.78, 5) is 13.0. The number of sulfonamides is 1. The Morgan fingerprint density at radius 1 is 1.50 bits per heavy atom. The van der Waals surface area contributed by atoms with Gasteiger partial charge in [0.1, 0.15) is 0 Å². The lowest BCUT2D eigenvalue weighted by molar-refractivity contribution is -0.131. The van der Waals surface area contributed by atoms with Crippen molar-refractivity contribution in [3.63, 3.8) is 0 Å². The Morgan fingerprint density at radius 3 is 2.38 bits per heavy atom. The van der Waals surface area contributed by atoms with Gasteiger partial charge in [-0.3, -0.25) is 4.79 Å². The summed E-state index contributed by atoms with van der Waals surface area (Å²) < 4.78 is 25.1. The number of nitrogens with zero attached hydrogens (tertiary/aromatic N) is 2. The molecule has 2 unspecified atom stereocenters. The van der Waals surface area contributed by atoms with E-state index in [9.17, 15) is 13.2 Å². The highest BCUT2D eigenvalue weighted by Gasteiger charge is 2.26. The predicted octanol–water partition coefficient (Wildman–Crippen LogP) is -0.315. The van der Waals surface area contributed by atoms with Crippen LogP contribution >= 0.6 is 0 Å². The third-order valence-electron chi connectivity index (χ3n) is 2.21. The molecule has 6 nitrogen and oxygen atoms in total. The summed E-state index contributed by atoms with van der Waals surface area (Å²) in [6.45, 7) is 5.01. The molecule has 0 radical (unpaired) electrons. The predicted molar refractivity (Wildman–Crippen MR) is 59.9 cm³/mol. The molecular formula is C9H17N3O3S. The molecule has 0 bridgehead atoms. The van der Waals surface area contributed by atoms with E-state index in [1.807, 2.05) is 0 Å². The first kappa shape index (κ1) is 14.9. The molecule has 0 aromatic rings. The van der Waals surface area contributed by atoms with Crippen LogP contribution in [0.3, 0.4) is 0 Å². The Balaban J connectivity index is 4.65. The summed E-state index contributed by atoms with van der Waals surface area (Å²) in [5, 5.41) is 7.34. The van der Waals surface area contributed by atoms with Gasteiger partial charge in [0.15, 0.2) is 5.25 Å². The van der Waals surface area contributed by atoms with E-state index in [-0.39, 0.29) is 5.91 Å². The van der Waals surface area contributed by atoms with Crippen molar-refractivity contribution >= 4 is 15.9 Å². The van der Waals surface area contributed by atoms with Gasteiger partial charge < -0.3 is 4.90 Å². The van der Waals surface area contributed by atoms with Gasteiger partial charge in [-0.05, 0) is 20.8 Å². The van der Waals surface area contributed by atoms with Gasteiger partial charge in [-0.15, -0.1) is 0 Å². The van der Waals surface area contributed by atoms with Crippen LogP contribution in [0.5, 0.6) is 0 Å². The maximum Gasteiger partial charge on any atom is 0.240 e. The molecule has 7 heteroatoms. The molecule has 0 rings (SSSR count). The standard InChI is InChI=1S/C9H17N3O3S/c1-5-12(4)9(13)8(3)11-16(14,15)7(2)6-10/h7-8,11H,5H2,1-4H3. The second-order valence-corrected chi connectivity index (χ2v) is 5.54. The molecule has 0 fully saturated rings. The molecule has 0 aromatic carbocycles. The third-order valence-corrected chi connectivity index (χ3v) is 3.93. The van der Waals surface area contributed by atoms with Crippen molar-refractivity contribution < 1.29 is 13.2 Å². The molecule has 2 atom stereocenters. The Kier molecular flexibility index (Phi) is 5.41. The quantitative estimate of drug-likeness (QED) is 0.721. The van der Waals surface area contributed by atoms with Gasteiger partial charge >= 0.3 is 0 Å². The summed E-state index contributed by atoms with van der Waals surface area (Å²) in [5.41, 5.74) is 0. The van der Waals surface area contributed by atoms with Crippen molar-refractivity contribution in [3.05, 3.63) is 0 Å². The lowest BCUT2D eigenvalue weighted by Gasteiger charge is -2.20. The topological polar surface area (TPSA) is 90.3 Å². The van der Waals surface area contributed by atoms with Crippen molar-refractivity contribution in [2.75, 3.05) is 13.6 Å². The smallest absolute Gasteiger partial charge is 0.240 e. The number of hydrogen-bond donors (Lipinski definition) is 1. The molecule has 0 saturated heterocycles. The van der Waals surface area contributed by atoms with Crippen molar-refractivity contribution in [2.45, 2.75) is 32.1 Å². The minimum atomic E-state index is -3.75. The Bertz CT molecular complexity index is 385. The number of nitrogens with one attached hydrogen (secondary N) is 1. The summed E-state index contributed by atoms with van der Waals surface area (Å²) in [7, 11) is -2.17. The molecule has 1 N–H and O–H groups in total. The van der Waals surface area contributed by atoms with Crippen LogP contribution in [0.25, 0.3) is 0 Å². The monoisotopic (exact) mass is 247 g/mol. The maximum atomic E-state index is 11.6. The summed E-state index contributed by atoms with van der Waals surface area (Å²) in [6.07, 6.45) is 0. The van der Waals surface area contributed by atoms with Crippen molar-refractivity contribution in [2.24, 2.45) is 0 Å². The van der Waals surface area contributed by atoms with E-state index in [0.29, 0.717) is 6.54 Å². The molecule has 0 aliphatic rings. The van der Waals surface area contributed by atoms with Gasteiger partial charge in [-0.1, -0.05) is 0 Å². The largest absolute Gasteiger partial charge is 0.345 e. The first-order valence-electron chi connectivity index (χ1n) is 4.92. The molecule has 0 aromatic heterocycles. The van der Waals surface area contributed by atoms with Crippen LogP contribution < -0.4 is 4.72 Å². The average Bonchev–Trinajstić information content (AvgIpc) is 2.24. The third kappa shape index (κ3) is 3.79. The number of nitriles is 1. The van der Waals surface area contributed by atoms with Gasteiger partial charge in [0.2, 0.25) is 15.9 Å². The van der Waals surface area contributed by atoms with E-state index in [0.717, 1.165) is 0 Å². The van der Waals surface area contributed by atoms with E-state index >= 15 is 0 Å². The molecule has 16 heavy (non-hydrogen) atoms. The molecule has 0 heterocycles. The fourth-order valence-corrected chi connectivity index (χ4v) is 1.89. The van der Waals surface area contributed by atoms with Crippen molar-refractivity contribution in [1.82, 2.24) is 9.62 Å². The van der Waals surface area contributed by atoms with Crippen LogP contribution in [0, 0.1) is 11.3 Å². The summed E-state index contributed by atoms with van der Waals surface area (Å²) >= 11 is 0. The van der Waals surface area contributed by atoms with Gasteiger partial charge in [0, 0.05) is 13.6 Å². The minimum Gasteiger partial charge on any atom is -0.345 e. The number of likely N-dealkylation sites (N-methyl/N-ethyl adjacent to an activating group) is 1. The van der Waals surface area contributed by atoms with E-state index in [1.165, 1.54) is 18.7 Å². The maximum absolute atomic E-state index is 11.6. The second kappa shape index (κ2) is 5.82. The molecular weight excluding hydrogens is 230 g/mol.